The van der Waals surface area contributed by atoms with Gasteiger partial charge in [0.1, 0.15) is 11.4 Å². The van der Waals surface area contributed by atoms with Crippen LogP contribution in [0.25, 0.3) is 44.5 Å². The smallest absolute Gasteiger partial charge is 0.143 e. The largest absolute Gasteiger partial charge is 0.501 e. The van der Waals surface area contributed by atoms with Crippen molar-refractivity contribution >= 4 is 35.2 Å². The van der Waals surface area contributed by atoms with E-state index in [4.69, 9.17) is 4.42 Å². The molecule has 0 aliphatic carbocycles. The fourth-order valence-electron chi connectivity index (χ4n) is 5.40. The molecule has 0 amide bonds. The Balaban J connectivity index is 0.000000199. The van der Waals surface area contributed by atoms with Crippen molar-refractivity contribution in [2.24, 2.45) is 5.92 Å². The van der Waals surface area contributed by atoms with Crippen LogP contribution < -0.4 is 5.19 Å². The second-order valence-corrected chi connectivity index (χ2v) is 17.8. The Morgan fingerprint density at radius 1 is 0.818 bits per heavy atom. The van der Waals surface area contributed by atoms with Crippen LogP contribution in [0.4, 0.5) is 4.39 Å². The number of hydrogen-bond donors (Lipinski definition) is 0. The van der Waals surface area contributed by atoms with E-state index in [2.05, 4.69) is 73.9 Å². The summed E-state index contributed by atoms with van der Waals surface area (Å²) < 4.78 is 19.9. The number of para-hydroxylation sites is 1. The van der Waals surface area contributed by atoms with E-state index in [0.29, 0.717) is 17.2 Å². The van der Waals surface area contributed by atoms with E-state index in [9.17, 15) is 4.39 Å². The normalized spacial score (nSPS) is 11.5. The Labute approximate surface area is 275 Å². The number of benzene rings is 3. The standard InChI is InChI=1S/C20H15FNO.C18H24NSi.Ir/c1-12(2)16-10-18(22-11-17(16)21)15-8-5-7-14-13-6-3-4-9-19(13)23-20(14)15;1-14(2)11-16-12-17(15-9-7-6-8-10-15)19-13-18(16)20(3,4)5;/h3-7,9-12H,1-2H3;6-9,12-14H,11H2,1-5H3;/q2*-1;. The predicted molar refractivity (Wildman–Crippen MR) is 180 cm³/mol. The maximum absolute atomic E-state index is 13.9. The molecule has 6 heteroatoms. The van der Waals surface area contributed by atoms with Crippen LogP contribution in [0.5, 0.6) is 0 Å². The summed E-state index contributed by atoms with van der Waals surface area (Å²) in [6, 6.07) is 30.4. The number of aromatic nitrogens is 2. The molecule has 1 radical (unpaired) electrons. The van der Waals surface area contributed by atoms with Crippen molar-refractivity contribution in [2.75, 3.05) is 0 Å². The van der Waals surface area contributed by atoms with Gasteiger partial charge in [-0.15, -0.1) is 54.1 Å². The zero-order valence-electron chi connectivity index (χ0n) is 26.5. The van der Waals surface area contributed by atoms with Gasteiger partial charge in [-0.1, -0.05) is 94.2 Å². The summed E-state index contributed by atoms with van der Waals surface area (Å²) in [7, 11) is -1.34. The van der Waals surface area contributed by atoms with Crippen molar-refractivity contribution in [1.29, 1.82) is 0 Å². The van der Waals surface area contributed by atoms with E-state index in [1.807, 2.05) is 68.4 Å². The van der Waals surface area contributed by atoms with Crippen molar-refractivity contribution in [3.05, 3.63) is 114 Å². The predicted octanol–water partition coefficient (Wildman–Crippen LogP) is 10.0. The molecular formula is C38H39FIrN2OSi-2. The quantitative estimate of drug-likeness (QED) is 0.125. The molecule has 6 aromatic rings. The fourth-order valence-corrected chi connectivity index (χ4v) is 6.98. The number of pyridine rings is 2. The van der Waals surface area contributed by atoms with Crippen molar-refractivity contribution in [2.45, 2.75) is 59.7 Å². The van der Waals surface area contributed by atoms with E-state index in [0.717, 1.165) is 45.2 Å². The molecule has 3 nitrogen and oxygen atoms in total. The second-order valence-electron chi connectivity index (χ2n) is 12.8. The SMILES string of the molecule is CC(C)Cc1cc(-c2[c-]cccc2)ncc1[Si](C)(C)C.CC(C)c1cc(-c2[c-]ccc3c2oc2ccccc23)ncc1F.[Ir]. The van der Waals surface area contributed by atoms with Crippen LogP contribution in [-0.4, -0.2) is 18.0 Å². The van der Waals surface area contributed by atoms with Gasteiger partial charge in [-0.3, -0.25) is 0 Å². The van der Waals surface area contributed by atoms with Crippen molar-refractivity contribution in [3.63, 3.8) is 0 Å². The molecule has 0 aliphatic heterocycles. The van der Waals surface area contributed by atoms with Crippen LogP contribution in [0, 0.1) is 23.9 Å². The monoisotopic (exact) mass is 779 g/mol. The molecule has 0 spiro atoms. The molecule has 0 saturated carbocycles. The van der Waals surface area contributed by atoms with Gasteiger partial charge in [0.05, 0.1) is 19.9 Å². The van der Waals surface area contributed by atoms with Gasteiger partial charge in [-0.05, 0) is 46.5 Å². The van der Waals surface area contributed by atoms with Gasteiger partial charge in [0.25, 0.3) is 0 Å². The van der Waals surface area contributed by atoms with Crippen LogP contribution in [-0.2, 0) is 26.5 Å². The summed E-state index contributed by atoms with van der Waals surface area (Å²) >= 11 is 0. The summed E-state index contributed by atoms with van der Waals surface area (Å²) in [5.74, 6) is 0.479. The second kappa shape index (κ2) is 14.1. The van der Waals surface area contributed by atoms with E-state index in [1.165, 1.54) is 16.9 Å². The van der Waals surface area contributed by atoms with Gasteiger partial charge < -0.3 is 14.4 Å². The van der Waals surface area contributed by atoms with Crippen molar-refractivity contribution in [1.82, 2.24) is 9.97 Å². The topological polar surface area (TPSA) is 38.9 Å². The maximum atomic E-state index is 13.9. The fraction of sp³-hybridized carbons (Fsp3) is 0.263. The third-order valence-electron chi connectivity index (χ3n) is 7.51. The Kier molecular flexibility index (Phi) is 10.7. The summed E-state index contributed by atoms with van der Waals surface area (Å²) in [6.45, 7) is 15.7. The number of rotatable bonds is 6. The van der Waals surface area contributed by atoms with E-state index >= 15 is 0 Å². The van der Waals surface area contributed by atoms with Gasteiger partial charge in [0, 0.05) is 31.7 Å². The molecule has 0 unspecified atom stereocenters. The molecule has 0 aliphatic rings. The average Bonchev–Trinajstić information content (AvgIpc) is 3.36. The molecule has 0 saturated heterocycles. The molecule has 3 aromatic heterocycles. The zero-order chi connectivity index (χ0) is 30.7. The first-order valence-corrected chi connectivity index (χ1v) is 18.5. The van der Waals surface area contributed by atoms with Crippen LogP contribution >= 0.6 is 0 Å². The molecular weight excluding hydrogens is 740 g/mol. The van der Waals surface area contributed by atoms with Gasteiger partial charge in [0.15, 0.2) is 0 Å². The number of halogens is 1. The van der Waals surface area contributed by atoms with Gasteiger partial charge in [-0.2, -0.15) is 0 Å². The minimum atomic E-state index is -1.34. The number of nitrogens with zero attached hydrogens (tertiary/aromatic N) is 2. The van der Waals surface area contributed by atoms with Gasteiger partial charge in [0.2, 0.25) is 0 Å². The molecule has 44 heavy (non-hydrogen) atoms. The first kappa shape index (κ1) is 33.4. The summed E-state index contributed by atoms with van der Waals surface area (Å²) in [4.78, 5) is 8.93. The number of fused-ring (bicyclic) bond motifs is 3. The van der Waals surface area contributed by atoms with Crippen LogP contribution in [0.3, 0.4) is 0 Å². The van der Waals surface area contributed by atoms with Gasteiger partial charge in [-0.25, -0.2) is 4.39 Å². The van der Waals surface area contributed by atoms with Gasteiger partial charge >= 0.3 is 0 Å². The van der Waals surface area contributed by atoms with Crippen molar-refractivity contribution < 1.29 is 28.9 Å². The molecule has 229 valence electrons. The average molecular weight is 779 g/mol. The molecule has 3 aromatic carbocycles. The molecule has 0 bridgehead atoms. The van der Waals surface area contributed by atoms with Crippen LogP contribution in [0.15, 0.2) is 89.6 Å². The van der Waals surface area contributed by atoms with E-state index in [1.54, 1.807) is 6.07 Å². The van der Waals surface area contributed by atoms with Crippen LogP contribution in [0.1, 0.15) is 44.7 Å². The minimum Gasteiger partial charge on any atom is -0.501 e. The number of hydrogen-bond acceptors (Lipinski definition) is 3. The van der Waals surface area contributed by atoms with E-state index in [-0.39, 0.29) is 31.8 Å². The Morgan fingerprint density at radius 3 is 2.23 bits per heavy atom. The molecule has 3 heterocycles. The molecule has 0 atom stereocenters. The molecule has 6 rings (SSSR count). The van der Waals surface area contributed by atoms with Crippen LogP contribution in [0.2, 0.25) is 19.6 Å². The number of furan rings is 1. The van der Waals surface area contributed by atoms with E-state index < -0.39 is 8.07 Å². The molecule has 0 N–H and O–H groups in total. The Morgan fingerprint density at radius 2 is 1.55 bits per heavy atom. The Hall–Kier alpha value is -3.44. The third-order valence-corrected chi connectivity index (χ3v) is 9.58. The Bertz CT molecular complexity index is 1860. The summed E-state index contributed by atoms with van der Waals surface area (Å²) in [5, 5.41) is 3.57. The maximum Gasteiger partial charge on any atom is 0.143 e. The first-order chi connectivity index (χ1) is 20.5. The minimum absolute atomic E-state index is 0. The molecule has 0 fully saturated rings. The van der Waals surface area contributed by atoms with Crippen molar-refractivity contribution in [3.8, 4) is 22.5 Å². The summed E-state index contributed by atoms with van der Waals surface area (Å²) in [6.07, 6.45) is 4.52. The zero-order valence-corrected chi connectivity index (χ0v) is 29.9. The third kappa shape index (κ3) is 7.43. The summed E-state index contributed by atoms with van der Waals surface area (Å²) in [5.41, 5.74) is 7.26. The first-order valence-electron chi connectivity index (χ1n) is 15.0.